The summed E-state index contributed by atoms with van der Waals surface area (Å²) < 4.78 is 57.1. The van der Waals surface area contributed by atoms with Crippen LogP contribution in [-0.4, -0.2) is 29.3 Å². The van der Waals surface area contributed by atoms with E-state index in [1.54, 1.807) is 60.7 Å². The smallest absolute Gasteiger partial charge is 0.259 e. The van der Waals surface area contributed by atoms with Crippen LogP contribution in [0.3, 0.4) is 0 Å². The van der Waals surface area contributed by atoms with Gasteiger partial charge in [-0.15, -0.1) is 0 Å². The molecule has 2 atom stereocenters. The van der Waals surface area contributed by atoms with Gasteiger partial charge >= 0.3 is 0 Å². The highest BCUT2D eigenvalue weighted by Crippen LogP contribution is 2.37. The summed E-state index contributed by atoms with van der Waals surface area (Å²) in [5, 5.41) is 0. The maximum atomic E-state index is 11.7. The molecule has 0 aliphatic carbocycles. The van der Waals surface area contributed by atoms with Crippen LogP contribution in [0.25, 0.3) is 0 Å². The van der Waals surface area contributed by atoms with Crippen LogP contribution < -0.4 is 0 Å². The number of hydrogen-bond acceptors (Lipinski definition) is 6. The highest BCUT2D eigenvalue weighted by atomic mass is 32.2. The van der Waals surface area contributed by atoms with Gasteiger partial charge in [-0.3, -0.25) is 8.37 Å². The van der Waals surface area contributed by atoms with Gasteiger partial charge in [0.05, 0.1) is 12.5 Å². The summed E-state index contributed by atoms with van der Waals surface area (Å²) >= 11 is 0. The summed E-state index contributed by atoms with van der Waals surface area (Å²) in [5.74, 6) is 0. The van der Waals surface area contributed by atoms with E-state index in [2.05, 4.69) is 0 Å². The van der Waals surface area contributed by atoms with Crippen LogP contribution in [0.1, 0.15) is 23.3 Å². The second kappa shape index (κ2) is 7.43. The van der Waals surface area contributed by atoms with E-state index in [1.165, 1.54) is 0 Å². The summed E-state index contributed by atoms with van der Waals surface area (Å²) in [6.07, 6.45) is -0.465. The summed E-state index contributed by atoms with van der Waals surface area (Å²) in [5.41, 5.74) is 0.973. The first-order valence-electron chi connectivity index (χ1n) is 7.02. The van der Waals surface area contributed by atoms with Gasteiger partial charge in [-0.1, -0.05) is 60.7 Å². The molecule has 6 nitrogen and oxygen atoms in total. The predicted molar refractivity (Wildman–Crippen MR) is 90.2 cm³/mol. The van der Waals surface area contributed by atoms with Crippen molar-refractivity contribution < 1.29 is 25.2 Å². The van der Waals surface area contributed by atoms with Gasteiger partial charge in [-0.05, 0) is 11.1 Å². The van der Waals surface area contributed by atoms with E-state index in [-0.39, 0.29) is 0 Å². The first-order valence-corrected chi connectivity index (χ1v) is 10.7. The van der Waals surface area contributed by atoms with Crippen molar-refractivity contribution in [3.8, 4) is 0 Å². The average Bonchev–Trinajstić information content (AvgIpc) is 2.50. The molecule has 0 saturated carbocycles. The number of hydrogen-bond donors (Lipinski definition) is 0. The third-order valence-corrected chi connectivity index (χ3v) is 4.20. The highest BCUT2D eigenvalue weighted by molar-refractivity contribution is 7.86. The minimum Gasteiger partial charge on any atom is -0.259 e. The molecule has 0 heterocycles. The molecule has 8 heteroatoms. The van der Waals surface area contributed by atoms with Gasteiger partial charge in [0.15, 0.2) is 0 Å². The molecular weight excluding hydrogens is 352 g/mol. The van der Waals surface area contributed by atoms with Crippen LogP contribution in [0.5, 0.6) is 0 Å². The molecule has 0 radical (unpaired) electrons. The van der Waals surface area contributed by atoms with Crippen molar-refractivity contribution in [2.24, 2.45) is 0 Å². The number of rotatable bonds is 7. The quantitative estimate of drug-likeness (QED) is 0.696. The first-order chi connectivity index (χ1) is 11.2. The predicted octanol–water partition coefficient (Wildman–Crippen LogP) is 2.42. The fraction of sp³-hybridized carbons (Fsp3) is 0.250. The molecule has 2 aromatic carbocycles. The van der Waals surface area contributed by atoms with Crippen LogP contribution in [0.15, 0.2) is 60.7 Å². The average molecular weight is 370 g/mol. The normalized spacial score (nSPS) is 14.9. The molecule has 24 heavy (non-hydrogen) atoms. The third kappa shape index (κ3) is 5.72. The fourth-order valence-corrected chi connectivity index (χ4v) is 3.40. The maximum absolute atomic E-state index is 11.7. The van der Waals surface area contributed by atoms with E-state index < -0.39 is 32.4 Å². The van der Waals surface area contributed by atoms with Gasteiger partial charge in [0.1, 0.15) is 12.2 Å². The first kappa shape index (κ1) is 18.6. The van der Waals surface area contributed by atoms with Gasteiger partial charge < -0.3 is 0 Å². The van der Waals surface area contributed by atoms with Crippen LogP contribution in [-0.2, 0) is 28.6 Å². The Balaban J connectivity index is 2.55. The lowest BCUT2D eigenvalue weighted by Gasteiger charge is -2.26. The molecule has 0 amide bonds. The molecular formula is C16H18O6S2. The molecule has 0 fully saturated rings. The highest BCUT2D eigenvalue weighted by Gasteiger charge is 2.32. The van der Waals surface area contributed by atoms with Gasteiger partial charge in [0, 0.05) is 0 Å². The second-order valence-corrected chi connectivity index (χ2v) is 8.46. The van der Waals surface area contributed by atoms with Gasteiger partial charge in [0.2, 0.25) is 0 Å². The standard InChI is InChI=1S/C16H18O6S2/c1-23(17,18)21-15(13-9-5-3-6-10-13)16(22-24(2,19)20)14-11-7-4-8-12-14/h3-12,15-16H,1-2H3. The Labute approximate surface area is 142 Å². The van der Waals surface area contributed by atoms with Crippen molar-refractivity contribution in [2.45, 2.75) is 12.2 Å². The summed E-state index contributed by atoms with van der Waals surface area (Å²) in [6, 6.07) is 16.9. The molecule has 0 N–H and O–H groups in total. The van der Waals surface area contributed by atoms with Crippen molar-refractivity contribution in [3.05, 3.63) is 71.8 Å². The second-order valence-electron chi connectivity index (χ2n) is 5.26. The summed E-state index contributed by atoms with van der Waals surface area (Å²) in [6.45, 7) is 0. The lowest BCUT2D eigenvalue weighted by Crippen LogP contribution is -2.22. The van der Waals surface area contributed by atoms with Gasteiger partial charge in [-0.2, -0.15) is 16.8 Å². The molecule has 0 aliphatic heterocycles. The van der Waals surface area contributed by atoms with Crippen LogP contribution in [0.2, 0.25) is 0 Å². The van der Waals surface area contributed by atoms with Crippen LogP contribution in [0, 0.1) is 0 Å². The SMILES string of the molecule is CS(=O)(=O)OC(c1ccccc1)C(OS(C)(=O)=O)c1ccccc1. The zero-order valence-electron chi connectivity index (χ0n) is 13.2. The van der Waals surface area contributed by atoms with Crippen molar-refractivity contribution in [3.63, 3.8) is 0 Å². The third-order valence-electron chi connectivity index (χ3n) is 3.09. The van der Waals surface area contributed by atoms with Crippen molar-refractivity contribution in [1.29, 1.82) is 0 Å². The molecule has 0 aliphatic rings. The Hall–Kier alpha value is -1.74. The van der Waals surface area contributed by atoms with Crippen LogP contribution >= 0.6 is 0 Å². The van der Waals surface area contributed by atoms with Crippen molar-refractivity contribution in [2.75, 3.05) is 12.5 Å². The lowest BCUT2D eigenvalue weighted by molar-refractivity contribution is 0.0631. The van der Waals surface area contributed by atoms with E-state index in [1.807, 2.05) is 0 Å². The van der Waals surface area contributed by atoms with Gasteiger partial charge in [0.25, 0.3) is 20.2 Å². The molecule has 130 valence electrons. The number of benzene rings is 2. The van der Waals surface area contributed by atoms with Gasteiger partial charge in [-0.25, -0.2) is 0 Å². The minimum absolute atomic E-state index is 0.487. The molecule has 0 aromatic heterocycles. The Morgan fingerprint density at radius 2 is 0.917 bits per heavy atom. The van der Waals surface area contributed by atoms with E-state index in [4.69, 9.17) is 8.37 Å². The van der Waals surface area contributed by atoms with E-state index >= 15 is 0 Å². The molecule has 0 bridgehead atoms. The zero-order chi connectivity index (χ0) is 17.8. The lowest BCUT2D eigenvalue weighted by atomic mass is 9.98. The van der Waals surface area contributed by atoms with E-state index in [9.17, 15) is 16.8 Å². The molecule has 0 saturated heterocycles. The summed E-state index contributed by atoms with van der Waals surface area (Å²) in [4.78, 5) is 0. The van der Waals surface area contributed by atoms with Crippen molar-refractivity contribution >= 4 is 20.2 Å². The van der Waals surface area contributed by atoms with Crippen molar-refractivity contribution in [1.82, 2.24) is 0 Å². The topological polar surface area (TPSA) is 86.7 Å². The molecule has 2 aromatic rings. The Morgan fingerprint density at radius 1 is 0.625 bits per heavy atom. The Bertz CT molecular complexity index is 786. The molecule has 0 spiro atoms. The minimum atomic E-state index is -3.85. The Kier molecular flexibility index (Phi) is 5.76. The molecule has 2 unspecified atom stereocenters. The van der Waals surface area contributed by atoms with E-state index in [0.717, 1.165) is 12.5 Å². The maximum Gasteiger partial charge on any atom is 0.265 e. The monoisotopic (exact) mass is 370 g/mol. The molecule has 2 rings (SSSR count). The van der Waals surface area contributed by atoms with E-state index in [0.29, 0.717) is 11.1 Å². The van der Waals surface area contributed by atoms with Crippen LogP contribution in [0.4, 0.5) is 0 Å². The zero-order valence-corrected chi connectivity index (χ0v) is 14.8. The largest absolute Gasteiger partial charge is 0.265 e. The summed E-state index contributed by atoms with van der Waals surface area (Å²) in [7, 11) is -7.71. The fourth-order valence-electron chi connectivity index (χ4n) is 2.22. The Morgan fingerprint density at radius 3 is 1.17 bits per heavy atom.